The smallest absolute Gasteiger partial charge is 0.412 e. The van der Waals surface area contributed by atoms with E-state index in [0.29, 0.717) is 28.3 Å². The van der Waals surface area contributed by atoms with Gasteiger partial charge in [0.2, 0.25) is 0 Å². The summed E-state index contributed by atoms with van der Waals surface area (Å²) in [7, 11) is 0. The number of carbonyl (C=O) groups is 2. The van der Waals surface area contributed by atoms with Crippen molar-refractivity contribution in [2.24, 2.45) is 0 Å². The monoisotopic (exact) mass is 465 g/mol. The lowest BCUT2D eigenvalue weighted by molar-refractivity contribution is 0.0636. The van der Waals surface area contributed by atoms with E-state index >= 15 is 0 Å². The summed E-state index contributed by atoms with van der Waals surface area (Å²) in [5.74, 6) is 0.556. The van der Waals surface area contributed by atoms with Crippen LogP contribution in [0.5, 0.6) is 0 Å². The quantitative estimate of drug-likeness (QED) is 0.537. The molecule has 8 nitrogen and oxygen atoms in total. The maximum absolute atomic E-state index is 14.7. The van der Waals surface area contributed by atoms with Gasteiger partial charge in [0.05, 0.1) is 5.56 Å². The number of hydrogen-bond donors (Lipinski definition) is 2. The number of aryl methyl sites for hydroxylation is 1. The van der Waals surface area contributed by atoms with E-state index in [9.17, 15) is 14.0 Å². The van der Waals surface area contributed by atoms with E-state index in [0.717, 1.165) is 38.1 Å². The number of anilines is 2. The molecule has 1 aliphatic heterocycles. The fourth-order valence-corrected chi connectivity index (χ4v) is 3.79. The van der Waals surface area contributed by atoms with E-state index in [-0.39, 0.29) is 5.91 Å². The SMILES string of the molecule is CC(C)(C)OC(=O)Nc1ccc(C(=O)Nc2ccc(F)c(-c3nnc4n3CCCCC4)c2)cc1. The van der Waals surface area contributed by atoms with Gasteiger partial charge in [-0.25, -0.2) is 9.18 Å². The molecule has 34 heavy (non-hydrogen) atoms. The average Bonchev–Trinajstić information content (AvgIpc) is 3.01. The molecule has 0 saturated heterocycles. The first-order valence-electron chi connectivity index (χ1n) is 11.3. The lowest BCUT2D eigenvalue weighted by Gasteiger charge is -2.19. The second kappa shape index (κ2) is 9.62. The van der Waals surface area contributed by atoms with Crippen molar-refractivity contribution >= 4 is 23.4 Å². The number of ether oxygens (including phenoxy) is 1. The Bertz CT molecular complexity index is 1200. The van der Waals surface area contributed by atoms with E-state index in [1.165, 1.54) is 12.1 Å². The summed E-state index contributed by atoms with van der Waals surface area (Å²) in [5.41, 5.74) is 1.03. The fourth-order valence-electron chi connectivity index (χ4n) is 3.79. The molecule has 0 spiro atoms. The molecule has 2 N–H and O–H groups in total. The summed E-state index contributed by atoms with van der Waals surface area (Å²) in [5, 5.41) is 13.9. The van der Waals surface area contributed by atoms with Crippen LogP contribution in [0.3, 0.4) is 0 Å². The number of amides is 2. The van der Waals surface area contributed by atoms with Crippen LogP contribution in [-0.2, 0) is 17.7 Å². The molecule has 0 unspecified atom stereocenters. The van der Waals surface area contributed by atoms with Crippen molar-refractivity contribution in [1.82, 2.24) is 14.8 Å². The minimum absolute atomic E-state index is 0.301. The highest BCUT2D eigenvalue weighted by molar-refractivity contribution is 6.04. The van der Waals surface area contributed by atoms with E-state index in [4.69, 9.17) is 4.74 Å². The first kappa shape index (κ1) is 23.4. The zero-order valence-corrected chi connectivity index (χ0v) is 19.5. The Morgan fingerprint density at radius 2 is 1.71 bits per heavy atom. The van der Waals surface area contributed by atoms with E-state index in [1.54, 1.807) is 51.1 Å². The summed E-state index contributed by atoms with van der Waals surface area (Å²) < 4.78 is 21.9. The molecule has 0 atom stereocenters. The van der Waals surface area contributed by atoms with Crippen molar-refractivity contribution in [3.8, 4) is 11.4 Å². The van der Waals surface area contributed by atoms with Gasteiger partial charge in [0, 0.05) is 29.9 Å². The third-order valence-corrected chi connectivity index (χ3v) is 5.37. The molecule has 4 rings (SSSR count). The lowest BCUT2D eigenvalue weighted by atomic mass is 10.1. The summed E-state index contributed by atoms with van der Waals surface area (Å²) in [6.45, 7) is 6.08. The summed E-state index contributed by atoms with van der Waals surface area (Å²) in [6, 6.07) is 10.8. The van der Waals surface area contributed by atoms with Gasteiger partial charge < -0.3 is 14.6 Å². The molecular weight excluding hydrogens is 437 g/mol. The van der Waals surface area contributed by atoms with Gasteiger partial charge in [-0.1, -0.05) is 6.42 Å². The van der Waals surface area contributed by atoms with Crippen LogP contribution in [0.15, 0.2) is 42.5 Å². The molecule has 1 aliphatic rings. The number of fused-ring (bicyclic) bond motifs is 1. The third kappa shape index (κ3) is 5.59. The molecule has 0 saturated carbocycles. The maximum Gasteiger partial charge on any atom is 0.412 e. The molecule has 2 heterocycles. The Kier molecular flexibility index (Phi) is 6.63. The predicted octanol–water partition coefficient (Wildman–Crippen LogP) is 5.41. The molecule has 0 radical (unpaired) electrons. The minimum Gasteiger partial charge on any atom is -0.444 e. The van der Waals surface area contributed by atoms with Crippen LogP contribution in [0, 0.1) is 5.82 Å². The summed E-state index contributed by atoms with van der Waals surface area (Å²) >= 11 is 0. The van der Waals surface area contributed by atoms with Crippen molar-refractivity contribution in [2.75, 3.05) is 10.6 Å². The molecule has 0 fully saturated rings. The first-order valence-corrected chi connectivity index (χ1v) is 11.3. The molecule has 3 aromatic rings. The van der Waals surface area contributed by atoms with Gasteiger partial charge in [0.1, 0.15) is 17.2 Å². The van der Waals surface area contributed by atoms with Crippen molar-refractivity contribution in [1.29, 1.82) is 0 Å². The zero-order chi connectivity index (χ0) is 24.3. The van der Waals surface area contributed by atoms with Gasteiger partial charge in [-0.15, -0.1) is 10.2 Å². The highest BCUT2D eigenvalue weighted by atomic mass is 19.1. The number of rotatable bonds is 4. The van der Waals surface area contributed by atoms with Crippen molar-refractivity contribution in [3.05, 3.63) is 59.7 Å². The minimum atomic E-state index is -0.608. The molecule has 178 valence electrons. The van der Waals surface area contributed by atoms with Crippen LogP contribution < -0.4 is 10.6 Å². The van der Waals surface area contributed by atoms with E-state index < -0.39 is 17.5 Å². The van der Waals surface area contributed by atoms with Gasteiger partial charge in [0.15, 0.2) is 5.82 Å². The van der Waals surface area contributed by atoms with Crippen LogP contribution in [0.2, 0.25) is 0 Å². The Balaban J connectivity index is 1.47. The zero-order valence-electron chi connectivity index (χ0n) is 19.5. The number of nitrogens with one attached hydrogen (secondary N) is 2. The van der Waals surface area contributed by atoms with E-state index in [1.807, 2.05) is 4.57 Å². The van der Waals surface area contributed by atoms with Crippen molar-refractivity contribution in [3.63, 3.8) is 0 Å². The first-order chi connectivity index (χ1) is 16.2. The molecule has 9 heteroatoms. The van der Waals surface area contributed by atoms with Crippen LogP contribution >= 0.6 is 0 Å². The Labute approximate surface area is 197 Å². The maximum atomic E-state index is 14.7. The molecule has 2 aromatic carbocycles. The number of carbonyl (C=O) groups excluding carboxylic acids is 2. The van der Waals surface area contributed by atoms with Crippen molar-refractivity contribution in [2.45, 2.75) is 58.6 Å². The van der Waals surface area contributed by atoms with Crippen LogP contribution in [0.25, 0.3) is 11.4 Å². The summed E-state index contributed by atoms with van der Waals surface area (Å²) in [4.78, 5) is 24.6. The van der Waals surface area contributed by atoms with Gasteiger partial charge in [0.25, 0.3) is 5.91 Å². The summed E-state index contributed by atoms with van der Waals surface area (Å²) in [6.07, 6.45) is 3.39. The van der Waals surface area contributed by atoms with Gasteiger partial charge >= 0.3 is 6.09 Å². The van der Waals surface area contributed by atoms with E-state index in [2.05, 4.69) is 20.8 Å². The number of halogens is 1. The molecule has 1 aromatic heterocycles. The molecular formula is C25H28FN5O3. The number of nitrogens with zero attached hydrogens (tertiary/aromatic N) is 3. The predicted molar refractivity (Wildman–Crippen MR) is 127 cm³/mol. The largest absolute Gasteiger partial charge is 0.444 e. The molecule has 2 amide bonds. The lowest BCUT2D eigenvalue weighted by Crippen LogP contribution is -2.27. The highest BCUT2D eigenvalue weighted by Crippen LogP contribution is 2.28. The third-order valence-electron chi connectivity index (χ3n) is 5.37. The number of aromatic nitrogens is 3. The standard InChI is InChI=1S/C25H28FN5O3/c1-25(2,3)34-24(33)28-17-10-8-16(9-11-17)23(32)27-18-12-13-20(26)19(15-18)22-30-29-21-7-5-4-6-14-31(21)22/h8-13,15H,4-7,14H2,1-3H3,(H,27,32)(H,28,33). The second-order valence-electron chi connectivity index (χ2n) is 9.26. The normalized spacial score (nSPS) is 13.5. The van der Waals surface area contributed by atoms with Gasteiger partial charge in [-0.05, 0) is 76.1 Å². The topological polar surface area (TPSA) is 98.1 Å². The average molecular weight is 466 g/mol. The van der Waals surface area contributed by atoms with Gasteiger partial charge in [-0.3, -0.25) is 10.1 Å². The van der Waals surface area contributed by atoms with Gasteiger partial charge in [-0.2, -0.15) is 0 Å². The van der Waals surface area contributed by atoms with Crippen LogP contribution in [0.1, 0.15) is 56.2 Å². The Morgan fingerprint density at radius 1 is 0.971 bits per heavy atom. The number of benzene rings is 2. The highest BCUT2D eigenvalue weighted by Gasteiger charge is 2.20. The second-order valence-corrected chi connectivity index (χ2v) is 9.26. The Morgan fingerprint density at radius 3 is 2.44 bits per heavy atom. The fraction of sp³-hybridized carbons (Fsp3) is 0.360. The Hall–Kier alpha value is -3.75. The van der Waals surface area contributed by atoms with Crippen molar-refractivity contribution < 1.29 is 18.7 Å². The molecule has 0 aliphatic carbocycles. The number of hydrogen-bond acceptors (Lipinski definition) is 5. The van der Waals surface area contributed by atoms with Crippen LogP contribution in [-0.4, -0.2) is 32.4 Å². The molecule has 0 bridgehead atoms. The van der Waals surface area contributed by atoms with Crippen LogP contribution in [0.4, 0.5) is 20.6 Å².